The summed E-state index contributed by atoms with van der Waals surface area (Å²) < 4.78 is 17.2. The van der Waals surface area contributed by atoms with Gasteiger partial charge in [-0.2, -0.15) is 5.26 Å². The van der Waals surface area contributed by atoms with Gasteiger partial charge in [0.05, 0.1) is 23.9 Å². The van der Waals surface area contributed by atoms with E-state index in [0.717, 1.165) is 11.1 Å². The van der Waals surface area contributed by atoms with Crippen molar-refractivity contribution in [1.82, 2.24) is 0 Å². The second kappa shape index (κ2) is 13.3. The number of nitrogens with zero attached hydrogens (tertiary/aromatic N) is 1. The second-order valence-corrected chi connectivity index (χ2v) is 9.03. The molecule has 0 atom stereocenters. The maximum Gasteiger partial charge on any atom is 0.266 e. The highest BCUT2D eigenvalue weighted by Gasteiger charge is 2.17. The fraction of sp³-hybridized carbons (Fsp3) is 0.207. The number of halogens is 1. The first-order valence-electron chi connectivity index (χ1n) is 11.8. The summed E-state index contributed by atoms with van der Waals surface area (Å²) in [7, 11) is 1.52. The Hall–Kier alpha value is -4.29. The van der Waals surface area contributed by atoms with Gasteiger partial charge in [0.25, 0.3) is 11.8 Å². The van der Waals surface area contributed by atoms with Gasteiger partial charge < -0.3 is 24.8 Å². The number of ether oxygens (including phenoxy) is 3. The zero-order valence-electron chi connectivity index (χ0n) is 21.6. The lowest BCUT2D eigenvalue weighted by atomic mass is 10.1. The molecule has 38 heavy (non-hydrogen) atoms. The third-order valence-electron chi connectivity index (χ3n) is 5.59. The van der Waals surface area contributed by atoms with Gasteiger partial charge in [-0.25, -0.2) is 0 Å². The summed E-state index contributed by atoms with van der Waals surface area (Å²) in [6.07, 6.45) is 1.46. The molecule has 0 aliphatic carbocycles. The van der Waals surface area contributed by atoms with Crippen molar-refractivity contribution in [3.8, 4) is 23.3 Å². The highest BCUT2D eigenvalue weighted by Crippen LogP contribution is 2.37. The van der Waals surface area contributed by atoms with Crippen molar-refractivity contribution in [2.45, 2.75) is 20.8 Å². The van der Waals surface area contributed by atoms with Crippen LogP contribution in [0.25, 0.3) is 6.08 Å². The minimum absolute atomic E-state index is 0.0786. The fourth-order valence-electron chi connectivity index (χ4n) is 3.54. The van der Waals surface area contributed by atoms with E-state index in [-0.39, 0.29) is 18.1 Å². The first-order chi connectivity index (χ1) is 18.3. The van der Waals surface area contributed by atoms with Crippen LogP contribution < -0.4 is 24.8 Å². The molecule has 3 aromatic carbocycles. The summed E-state index contributed by atoms with van der Waals surface area (Å²) in [5.74, 6) is 0.289. The first-order valence-corrected chi connectivity index (χ1v) is 12.6. The van der Waals surface area contributed by atoms with E-state index >= 15 is 0 Å². The lowest BCUT2D eigenvalue weighted by Gasteiger charge is -2.15. The molecule has 0 aromatic heterocycles. The molecule has 2 N–H and O–H groups in total. The monoisotopic (exact) mass is 577 g/mol. The maximum atomic E-state index is 12.8. The van der Waals surface area contributed by atoms with Crippen LogP contribution in [0.15, 0.2) is 64.6 Å². The largest absolute Gasteiger partial charge is 0.495 e. The average molecular weight is 578 g/mol. The van der Waals surface area contributed by atoms with E-state index in [1.54, 1.807) is 42.5 Å². The summed E-state index contributed by atoms with van der Waals surface area (Å²) >= 11 is 3.46. The van der Waals surface area contributed by atoms with Crippen LogP contribution in [0, 0.1) is 25.2 Å². The molecular weight excluding hydrogens is 550 g/mol. The summed E-state index contributed by atoms with van der Waals surface area (Å²) in [5.41, 5.74) is 3.58. The molecule has 8 nitrogen and oxygen atoms in total. The Bertz CT molecular complexity index is 1410. The number of hydrogen-bond acceptors (Lipinski definition) is 6. The molecule has 0 saturated carbocycles. The number of aryl methyl sites for hydroxylation is 1. The highest BCUT2D eigenvalue weighted by molar-refractivity contribution is 9.10. The lowest BCUT2D eigenvalue weighted by molar-refractivity contribution is -0.118. The molecule has 0 aliphatic rings. The third kappa shape index (κ3) is 7.14. The molecule has 9 heteroatoms. The molecule has 0 spiro atoms. The normalized spacial score (nSPS) is 10.8. The highest BCUT2D eigenvalue weighted by atomic mass is 79.9. The molecule has 2 amide bonds. The van der Waals surface area contributed by atoms with E-state index in [2.05, 4.69) is 26.6 Å². The van der Waals surface area contributed by atoms with Gasteiger partial charge in [-0.3, -0.25) is 9.59 Å². The van der Waals surface area contributed by atoms with E-state index in [1.165, 1.54) is 13.2 Å². The van der Waals surface area contributed by atoms with Gasteiger partial charge in [0, 0.05) is 5.69 Å². The van der Waals surface area contributed by atoms with Crippen LogP contribution in [0.4, 0.5) is 11.4 Å². The number of nitrogens with one attached hydrogen (secondary N) is 2. The number of nitriles is 1. The van der Waals surface area contributed by atoms with Crippen LogP contribution in [0.5, 0.6) is 17.2 Å². The molecule has 0 fully saturated rings. The fourth-order valence-corrected chi connectivity index (χ4v) is 4.11. The molecule has 0 unspecified atom stereocenters. The number of carbonyl (C=O) groups is 2. The molecule has 0 heterocycles. The van der Waals surface area contributed by atoms with Gasteiger partial charge in [-0.05, 0) is 89.8 Å². The molecule has 196 valence electrons. The number of carbonyl (C=O) groups excluding carboxylic acids is 2. The van der Waals surface area contributed by atoms with Crippen molar-refractivity contribution in [1.29, 1.82) is 5.26 Å². The Morgan fingerprint density at radius 3 is 2.45 bits per heavy atom. The summed E-state index contributed by atoms with van der Waals surface area (Å²) in [4.78, 5) is 25.3. The maximum absolute atomic E-state index is 12.8. The zero-order chi connectivity index (χ0) is 27.7. The van der Waals surface area contributed by atoms with Crippen molar-refractivity contribution in [3.05, 3.63) is 81.3 Å². The predicted molar refractivity (Wildman–Crippen MR) is 151 cm³/mol. The van der Waals surface area contributed by atoms with Crippen LogP contribution in [-0.2, 0) is 9.59 Å². The van der Waals surface area contributed by atoms with E-state index in [0.29, 0.717) is 45.3 Å². The Morgan fingerprint density at radius 2 is 1.74 bits per heavy atom. The quantitative estimate of drug-likeness (QED) is 0.224. The van der Waals surface area contributed by atoms with Crippen molar-refractivity contribution in [2.24, 2.45) is 0 Å². The van der Waals surface area contributed by atoms with Gasteiger partial charge in [0.1, 0.15) is 17.4 Å². The first kappa shape index (κ1) is 28.3. The molecule has 0 saturated heterocycles. The number of amides is 2. The summed E-state index contributed by atoms with van der Waals surface area (Å²) in [5, 5.41) is 15.2. The van der Waals surface area contributed by atoms with Crippen LogP contribution in [0.3, 0.4) is 0 Å². The summed E-state index contributed by atoms with van der Waals surface area (Å²) in [6.45, 7) is 5.72. The zero-order valence-corrected chi connectivity index (χ0v) is 23.1. The van der Waals surface area contributed by atoms with Crippen LogP contribution in [0.1, 0.15) is 23.6 Å². The lowest BCUT2D eigenvalue weighted by Crippen LogP contribution is -2.21. The van der Waals surface area contributed by atoms with Crippen LogP contribution >= 0.6 is 15.9 Å². The number of anilines is 2. The van der Waals surface area contributed by atoms with Gasteiger partial charge in [-0.15, -0.1) is 0 Å². The molecule has 0 aliphatic heterocycles. The van der Waals surface area contributed by atoms with Crippen LogP contribution in [-0.4, -0.2) is 32.1 Å². The topological polar surface area (TPSA) is 110 Å². The van der Waals surface area contributed by atoms with Crippen molar-refractivity contribution in [2.75, 3.05) is 31.0 Å². The Labute approximate surface area is 230 Å². The standard InChI is InChI=1S/C29H28BrN3O5/c1-5-37-26-15-20(13-21(16-31)29(35)33-23-11-8-9-18(2)19(23)3)14-22(30)28(26)38-17-27(34)32-24-10-6-7-12-25(24)36-4/h6-15H,5,17H2,1-4H3,(H,32,34)(H,33,35)/b21-13-. The van der Waals surface area contributed by atoms with Crippen molar-refractivity contribution in [3.63, 3.8) is 0 Å². The van der Waals surface area contributed by atoms with E-state index in [4.69, 9.17) is 14.2 Å². The average Bonchev–Trinajstić information content (AvgIpc) is 2.89. The van der Waals surface area contributed by atoms with Crippen molar-refractivity contribution >= 4 is 45.2 Å². The number of benzene rings is 3. The Balaban J connectivity index is 1.79. The number of hydrogen-bond donors (Lipinski definition) is 2. The van der Waals surface area contributed by atoms with Crippen LogP contribution in [0.2, 0.25) is 0 Å². The third-order valence-corrected chi connectivity index (χ3v) is 6.18. The Kier molecular flexibility index (Phi) is 9.91. The second-order valence-electron chi connectivity index (χ2n) is 8.17. The number of para-hydroxylation sites is 2. The summed E-state index contributed by atoms with van der Waals surface area (Å²) in [6, 6.07) is 17.9. The Morgan fingerprint density at radius 1 is 1.00 bits per heavy atom. The van der Waals surface area contributed by atoms with E-state index in [9.17, 15) is 14.9 Å². The van der Waals surface area contributed by atoms with E-state index < -0.39 is 5.91 Å². The molecule has 3 rings (SSSR count). The van der Waals surface area contributed by atoms with Gasteiger partial charge in [-0.1, -0.05) is 24.3 Å². The minimum atomic E-state index is -0.524. The van der Waals surface area contributed by atoms with Crippen molar-refractivity contribution < 1.29 is 23.8 Å². The van der Waals surface area contributed by atoms with Gasteiger partial charge in [0.2, 0.25) is 0 Å². The SMILES string of the molecule is CCOc1cc(/C=C(/C#N)C(=O)Nc2cccc(C)c2C)cc(Br)c1OCC(=O)Nc1ccccc1OC. The van der Waals surface area contributed by atoms with Gasteiger partial charge >= 0.3 is 0 Å². The smallest absolute Gasteiger partial charge is 0.266 e. The number of rotatable bonds is 10. The predicted octanol–water partition coefficient (Wildman–Crippen LogP) is 6.04. The minimum Gasteiger partial charge on any atom is -0.495 e. The molecule has 0 radical (unpaired) electrons. The number of methoxy groups -OCH3 is 1. The molecule has 0 bridgehead atoms. The van der Waals surface area contributed by atoms with E-state index in [1.807, 2.05) is 39.0 Å². The molecule has 3 aromatic rings. The molecular formula is C29H28BrN3O5. The van der Waals surface area contributed by atoms with Gasteiger partial charge in [0.15, 0.2) is 18.1 Å².